The lowest BCUT2D eigenvalue weighted by molar-refractivity contribution is 1.07. The van der Waals surface area contributed by atoms with Gasteiger partial charge in [0.1, 0.15) is 0 Å². The summed E-state index contributed by atoms with van der Waals surface area (Å²) in [4.78, 5) is 29.8. The fourth-order valence-electron chi connectivity index (χ4n) is 7.88. The van der Waals surface area contributed by atoms with Gasteiger partial charge in [0.05, 0.1) is 11.0 Å². The monoisotopic (exact) mass is 781 g/mol. The number of nitrogens with zero attached hydrogens (tertiary/aromatic N) is 7. The third-order valence-electron chi connectivity index (χ3n) is 10.9. The molecular formula is C54H35N7. The van der Waals surface area contributed by atoms with E-state index in [1.54, 1.807) is 0 Å². The highest BCUT2D eigenvalue weighted by Crippen LogP contribution is 2.37. The van der Waals surface area contributed by atoms with E-state index in [1.807, 2.05) is 121 Å². The van der Waals surface area contributed by atoms with Crippen LogP contribution in [0.25, 0.3) is 107 Å². The predicted octanol–water partition coefficient (Wildman–Crippen LogP) is 12.8. The van der Waals surface area contributed by atoms with Gasteiger partial charge in [0.2, 0.25) is 0 Å². The first-order chi connectivity index (χ1) is 30.2. The Kier molecular flexibility index (Phi) is 9.02. The van der Waals surface area contributed by atoms with E-state index in [4.69, 9.17) is 29.9 Å². The van der Waals surface area contributed by atoms with E-state index in [1.165, 1.54) is 0 Å². The van der Waals surface area contributed by atoms with Gasteiger partial charge in [-0.3, -0.25) is 0 Å². The SMILES string of the molecule is c1ccc(-c2nc(-c3ccccc3)nc(-c3ccc(-c4ccc5c6ccc(-c7nc(-c8ccccc8)nc(-c8ccccc8)n7)cc6n(-c6ccccc6)c5c4)cc3)n2)cc1. The molecule has 11 aromatic rings. The maximum Gasteiger partial charge on any atom is 0.164 e. The Balaban J connectivity index is 1.02. The summed E-state index contributed by atoms with van der Waals surface area (Å²) in [5.41, 5.74) is 11.0. The molecule has 3 aromatic heterocycles. The first-order valence-corrected chi connectivity index (χ1v) is 20.2. The van der Waals surface area contributed by atoms with E-state index in [-0.39, 0.29) is 0 Å². The zero-order chi connectivity index (χ0) is 40.5. The summed E-state index contributed by atoms with van der Waals surface area (Å²) >= 11 is 0. The quantitative estimate of drug-likeness (QED) is 0.153. The van der Waals surface area contributed by atoms with E-state index >= 15 is 0 Å². The highest BCUT2D eigenvalue weighted by molar-refractivity contribution is 6.11. The molecule has 61 heavy (non-hydrogen) atoms. The van der Waals surface area contributed by atoms with E-state index < -0.39 is 0 Å². The van der Waals surface area contributed by atoms with E-state index in [0.29, 0.717) is 34.9 Å². The van der Waals surface area contributed by atoms with Crippen molar-refractivity contribution in [2.24, 2.45) is 0 Å². The van der Waals surface area contributed by atoms with Gasteiger partial charge in [0.25, 0.3) is 0 Å². The van der Waals surface area contributed by atoms with Crippen LogP contribution in [0.3, 0.4) is 0 Å². The Morgan fingerprint density at radius 1 is 0.230 bits per heavy atom. The molecule has 3 heterocycles. The number of fused-ring (bicyclic) bond motifs is 3. The van der Waals surface area contributed by atoms with Crippen LogP contribution in [0, 0.1) is 0 Å². The van der Waals surface area contributed by atoms with Crippen molar-refractivity contribution in [3.05, 3.63) is 212 Å². The summed E-state index contributed by atoms with van der Waals surface area (Å²) in [6, 6.07) is 72.5. The van der Waals surface area contributed by atoms with Crippen LogP contribution in [0.2, 0.25) is 0 Å². The standard InChI is InChI=1S/C54H35N7/c1-6-16-37(17-7-1)49-55-50(38-18-8-2-9-19-38)58-53(57-49)41-28-26-36(27-29-41)42-30-32-45-46-33-31-43(35-48(46)61(47(45)34-42)44-24-14-5-15-25-44)54-59-51(39-20-10-3-11-21-39)56-52(60-54)40-22-12-4-13-23-40/h1-35H. The molecule has 0 aliphatic carbocycles. The molecule has 286 valence electrons. The second kappa shape index (κ2) is 15.4. The zero-order valence-electron chi connectivity index (χ0n) is 32.8. The topological polar surface area (TPSA) is 82.3 Å². The van der Waals surface area contributed by atoms with Crippen molar-refractivity contribution < 1.29 is 0 Å². The zero-order valence-corrected chi connectivity index (χ0v) is 32.8. The van der Waals surface area contributed by atoms with Crippen molar-refractivity contribution in [3.8, 4) is 85.1 Å². The summed E-state index contributed by atoms with van der Waals surface area (Å²) in [6.07, 6.45) is 0. The third-order valence-corrected chi connectivity index (χ3v) is 10.9. The lowest BCUT2D eigenvalue weighted by Gasteiger charge is -2.11. The second-order valence-electron chi connectivity index (χ2n) is 14.8. The van der Waals surface area contributed by atoms with Crippen molar-refractivity contribution in [2.45, 2.75) is 0 Å². The average Bonchev–Trinajstić information content (AvgIpc) is 3.68. The summed E-state index contributed by atoms with van der Waals surface area (Å²) < 4.78 is 2.34. The highest BCUT2D eigenvalue weighted by Gasteiger charge is 2.18. The largest absolute Gasteiger partial charge is 0.309 e. The van der Waals surface area contributed by atoms with Crippen LogP contribution in [0.15, 0.2) is 212 Å². The van der Waals surface area contributed by atoms with Crippen molar-refractivity contribution in [1.29, 1.82) is 0 Å². The summed E-state index contributed by atoms with van der Waals surface area (Å²) in [7, 11) is 0. The Morgan fingerprint density at radius 3 is 0.902 bits per heavy atom. The summed E-state index contributed by atoms with van der Waals surface area (Å²) in [6.45, 7) is 0. The lowest BCUT2D eigenvalue weighted by Crippen LogP contribution is -2.00. The fourth-order valence-corrected chi connectivity index (χ4v) is 7.88. The van der Waals surface area contributed by atoms with E-state index in [0.717, 1.165) is 72.0 Å². The maximum absolute atomic E-state index is 5.04. The number of aromatic nitrogens is 7. The molecule has 0 radical (unpaired) electrons. The number of hydrogen-bond donors (Lipinski definition) is 0. The minimum atomic E-state index is 0.616. The Hall–Kier alpha value is -8.42. The molecule has 0 amide bonds. The second-order valence-corrected chi connectivity index (χ2v) is 14.8. The molecule has 0 N–H and O–H groups in total. The minimum absolute atomic E-state index is 0.616. The Bertz CT molecular complexity index is 3200. The van der Waals surface area contributed by atoms with Crippen LogP contribution in [0.4, 0.5) is 0 Å². The molecule has 8 aromatic carbocycles. The van der Waals surface area contributed by atoms with Gasteiger partial charge in [0, 0.05) is 49.8 Å². The number of hydrogen-bond acceptors (Lipinski definition) is 6. The van der Waals surface area contributed by atoms with Crippen molar-refractivity contribution >= 4 is 21.8 Å². The first kappa shape index (κ1) is 35.7. The molecule has 0 atom stereocenters. The summed E-state index contributed by atoms with van der Waals surface area (Å²) in [5, 5.41) is 2.30. The summed E-state index contributed by atoms with van der Waals surface area (Å²) in [5.74, 6) is 3.78. The first-order valence-electron chi connectivity index (χ1n) is 20.2. The third kappa shape index (κ3) is 6.90. The lowest BCUT2D eigenvalue weighted by atomic mass is 10.0. The van der Waals surface area contributed by atoms with Crippen LogP contribution in [0.1, 0.15) is 0 Å². The Morgan fingerprint density at radius 2 is 0.508 bits per heavy atom. The van der Waals surface area contributed by atoms with Crippen molar-refractivity contribution in [2.75, 3.05) is 0 Å². The van der Waals surface area contributed by atoms with Gasteiger partial charge in [-0.2, -0.15) is 0 Å². The van der Waals surface area contributed by atoms with Crippen LogP contribution in [-0.2, 0) is 0 Å². The Labute approximate surface area is 352 Å². The van der Waals surface area contributed by atoms with Crippen LogP contribution in [-0.4, -0.2) is 34.5 Å². The van der Waals surface area contributed by atoms with E-state index in [9.17, 15) is 0 Å². The maximum atomic E-state index is 5.04. The van der Waals surface area contributed by atoms with Gasteiger partial charge >= 0.3 is 0 Å². The molecule has 7 nitrogen and oxygen atoms in total. The molecule has 0 unspecified atom stereocenters. The van der Waals surface area contributed by atoms with Gasteiger partial charge in [-0.25, -0.2) is 29.9 Å². The molecule has 0 aliphatic heterocycles. The molecule has 7 heteroatoms. The molecular weight excluding hydrogens is 747 g/mol. The van der Waals surface area contributed by atoms with Gasteiger partial charge in [0.15, 0.2) is 34.9 Å². The molecule has 0 bridgehead atoms. The van der Waals surface area contributed by atoms with Crippen molar-refractivity contribution in [1.82, 2.24) is 34.5 Å². The van der Waals surface area contributed by atoms with Gasteiger partial charge in [-0.05, 0) is 35.4 Å². The number of rotatable bonds is 8. The number of para-hydroxylation sites is 1. The van der Waals surface area contributed by atoms with Crippen LogP contribution < -0.4 is 0 Å². The normalized spacial score (nSPS) is 11.3. The van der Waals surface area contributed by atoms with Gasteiger partial charge in [-0.1, -0.05) is 188 Å². The van der Waals surface area contributed by atoms with Crippen LogP contribution >= 0.6 is 0 Å². The molecule has 0 saturated heterocycles. The fraction of sp³-hybridized carbons (Fsp3) is 0. The average molecular weight is 782 g/mol. The number of benzene rings is 8. The van der Waals surface area contributed by atoms with Gasteiger partial charge in [-0.15, -0.1) is 0 Å². The van der Waals surface area contributed by atoms with Crippen molar-refractivity contribution in [3.63, 3.8) is 0 Å². The van der Waals surface area contributed by atoms with Crippen LogP contribution in [0.5, 0.6) is 0 Å². The predicted molar refractivity (Wildman–Crippen MR) is 246 cm³/mol. The molecule has 0 spiro atoms. The molecule has 11 rings (SSSR count). The van der Waals surface area contributed by atoms with Gasteiger partial charge < -0.3 is 4.57 Å². The minimum Gasteiger partial charge on any atom is -0.309 e. The molecule has 0 fully saturated rings. The molecule has 0 saturated carbocycles. The van der Waals surface area contributed by atoms with E-state index in [2.05, 4.69) is 95.6 Å². The highest BCUT2D eigenvalue weighted by atomic mass is 15.0. The molecule has 0 aliphatic rings. The smallest absolute Gasteiger partial charge is 0.164 e.